The van der Waals surface area contributed by atoms with Crippen molar-refractivity contribution in [2.75, 3.05) is 7.11 Å². The van der Waals surface area contributed by atoms with Crippen LogP contribution in [0.15, 0.2) is 58.5 Å². The first-order valence-corrected chi connectivity index (χ1v) is 7.20. The van der Waals surface area contributed by atoms with Crippen molar-refractivity contribution >= 4 is 34.4 Å². The quantitative estimate of drug-likeness (QED) is 0.716. The number of halogens is 1. The summed E-state index contributed by atoms with van der Waals surface area (Å²) in [6.45, 7) is 0. The minimum atomic E-state index is 0.421. The third kappa shape index (κ3) is 2.71. The summed E-state index contributed by atoms with van der Waals surface area (Å²) < 4.78 is 5.14. The van der Waals surface area contributed by atoms with Gasteiger partial charge < -0.3 is 4.74 Å². The number of hydrogen-bond acceptors (Lipinski definition) is 4. The third-order valence-electron chi connectivity index (χ3n) is 2.77. The van der Waals surface area contributed by atoms with Crippen LogP contribution in [0.4, 0.5) is 0 Å². The summed E-state index contributed by atoms with van der Waals surface area (Å²) in [7, 11) is 1.65. The number of hydrogen-bond donors (Lipinski definition) is 0. The van der Waals surface area contributed by atoms with Gasteiger partial charge in [0, 0.05) is 4.90 Å². The van der Waals surface area contributed by atoms with Gasteiger partial charge in [-0.3, -0.25) is 0 Å². The van der Waals surface area contributed by atoms with Crippen LogP contribution in [0.2, 0.25) is 5.15 Å². The molecule has 0 fully saturated rings. The molecular weight excluding hydrogens is 292 g/mol. The molecule has 0 N–H and O–H groups in total. The zero-order chi connectivity index (χ0) is 13.9. The van der Waals surface area contributed by atoms with Gasteiger partial charge in [-0.05, 0) is 36.4 Å². The number of para-hydroxylation sites is 2. The molecule has 0 aliphatic heterocycles. The summed E-state index contributed by atoms with van der Waals surface area (Å²) in [4.78, 5) is 9.95. The van der Waals surface area contributed by atoms with Crippen LogP contribution in [0.3, 0.4) is 0 Å². The number of methoxy groups -OCH3 is 1. The van der Waals surface area contributed by atoms with Gasteiger partial charge in [-0.25, -0.2) is 9.97 Å². The van der Waals surface area contributed by atoms with E-state index < -0.39 is 0 Å². The fourth-order valence-corrected chi connectivity index (χ4v) is 2.80. The highest BCUT2D eigenvalue weighted by Gasteiger charge is 2.08. The fraction of sp³-hybridized carbons (Fsp3) is 0.0667. The normalized spacial score (nSPS) is 10.7. The molecule has 3 rings (SSSR count). The van der Waals surface area contributed by atoms with E-state index >= 15 is 0 Å². The van der Waals surface area contributed by atoms with Crippen molar-refractivity contribution in [2.24, 2.45) is 0 Å². The van der Waals surface area contributed by atoms with Crippen molar-refractivity contribution < 1.29 is 4.74 Å². The lowest BCUT2D eigenvalue weighted by Gasteiger charge is -2.05. The lowest BCUT2D eigenvalue weighted by molar-refractivity contribution is 0.414. The van der Waals surface area contributed by atoms with Crippen LogP contribution in [-0.2, 0) is 0 Å². The Bertz CT molecular complexity index is 746. The summed E-state index contributed by atoms with van der Waals surface area (Å²) in [5.41, 5.74) is 1.64. The van der Waals surface area contributed by atoms with E-state index in [0.717, 1.165) is 21.7 Å². The van der Waals surface area contributed by atoms with Crippen LogP contribution in [0.25, 0.3) is 11.0 Å². The second-order valence-electron chi connectivity index (χ2n) is 4.09. The number of nitrogens with zero attached hydrogens (tertiary/aromatic N) is 2. The maximum atomic E-state index is 6.19. The molecule has 2 aromatic carbocycles. The second-order valence-corrected chi connectivity index (χ2v) is 5.51. The van der Waals surface area contributed by atoms with E-state index in [1.807, 2.05) is 48.5 Å². The highest BCUT2D eigenvalue weighted by molar-refractivity contribution is 7.99. The van der Waals surface area contributed by atoms with Gasteiger partial charge >= 0.3 is 0 Å². The number of fused-ring (bicyclic) bond motifs is 1. The molecule has 5 heteroatoms. The van der Waals surface area contributed by atoms with Crippen molar-refractivity contribution in [1.82, 2.24) is 9.97 Å². The van der Waals surface area contributed by atoms with Gasteiger partial charge in [-0.1, -0.05) is 35.5 Å². The monoisotopic (exact) mass is 302 g/mol. The maximum Gasteiger partial charge on any atom is 0.162 e. The average molecular weight is 303 g/mol. The minimum absolute atomic E-state index is 0.421. The molecule has 0 saturated carbocycles. The standard InChI is InChI=1S/C15H11ClN2OS/c1-19-10-6-8-11(9-7-10)20-15-14(16)17-12-4-2-3-5-13(12)18-15/h2-9H,1H3. The fourth-order valence-electron chi connectivity index (χ4n) is 1.78. The second kappa shape index (κ2) is 5.69. The van der Waals surface area contributed by atoms with Crippen LogP contribution in [-0.4, -0.2) is 17.1 Å². The Kier molecular flexibility index (Phi) is 3.76. The molecule has 0 spiro atoms. The maximum absolute atomic E-state index is 6.19. The highest BCUT2D eigenvalue weighted by atomic mass is 35.5. The predicted molar refractivity (Wildman–Crippen MR) is 81.7 cm³/mol. The summed E-state index contributed by atoms with van der Waals surface area (Å²) in [6.07, 6.45) is 0. The molecule has 0 aliphatic rings. The molecule has 0 aliphatic carbocycles. The molecule has 20 heavy (non-hydrogen) atoms. The largest absolute Gasteiger partial charge is 0.497 e. The molecular formula is C15H11ClN2OS. The van der Waals surface area contributed by atoms with E-state index in [2.05, 4.69) is 9.97 Å². The molecule has 100 valence electrons. The Labute approximate surface area is 126 Å². The summed E-state index contributed by atoms with van der Waals surface area (Å²) in [6, 6.07) is 15.4. The van der Waals surface area contributed by atoms with Gasteiger partial charge in [-0.2, -0.15) is 0 Å². The minimum Gasteiger partial charge on any atom is -0.497 e. The molecule has 0 radical (unpaired) electrons. The Morgan fingerprint density at radius 3 is 2.25 bits per heavy atom. The number of benzene rings is 2. The highest BCUT2D eigenvalue weighted by Crippen LogP contribution is 2.32. The van der Waals surface area contributed by atoms with Crippen LogP contribution < -0.4 is 4.74 Å². The SMILES string of the molecule is COc1ccc(Sc2nc3ccccc3nc2Cl)cc1. The predicted octanol–water partition coefficient (Wildman–Crippen LogP) is 4.44. The Morgan fingerprint density at radius 2 is 1.60 bits per heavy atom. The molecule has 3 aromatic rings. The number of rotatable bonds is 3. The summed E-state index contributed by atoms with van der Waals surface area (Å²) >= 11 is 7.68. The zero-order valence-electron chi connectivity index (χ0n) is 10.7. The van der Waals surface area contributed by atoms with E-state index in [9.17, 15) is 0 Å². The molecule has 0 unspecified atom stereocenters. The molecule has 1 aromatic heterocycles. The topological polar surface area (TPSA) is 35.0 Å². The molecule has 0 amide bonds. The molecule has 0 atom stereocenters. The smallest absolute Gasteiger partial charge is 0.162 e. The molecule has 0 bridgehead atoms. The Hall–Kier alpha value is -1.78. The third-order valence-corrected chi connectivity index (χ3v) is 4.13. The first-order valence-electron chi connectivity index (χ1n) is 6.00. The first kappa shape index (κ1) is 13.2. The van der Waals surface area contributed by atoms with Crippen molar-refractivity contribution in [3.8, 4) is 5.75 Å². The van der Waals surface area contributed by atoms with Gasteiger partial charge in [0.2, 0.25) is 0 Å². The van der Waals surface area contributed by atoms with Crippen LogP contribution in [0.5, 0.6) is 5.75 Å². The lowest BCUT2D eigenvalue weighted by Crippen LogP contribution is -1.89. The van der Waals surface area contributed by atoms with Crippen LogP contribution in [0.1, 0.15) is 0 Å². The van der Waals surface area contributed by atoms with E-state index in [-0.39, 0.29) is 0 Å². The van der Waals surface area contributed by atoms with Crippen molar-refractivity contribution in [3.05, 3.63) is 53.7 Å². The number of ether oxygens (including phenoxy) is 1. The van der Waals surface area contributed by atoms with E-state index in [1.54, 1.807) is 7.11 Å². The van der Waals surface area contributed by atoms with E-state index in [0.29, 0.717) is 10.2 Å². The lowest BCUT2D eigenvalue weighted by atomic mass is 10.3. The Balaban J connectivity index is 1.94. The van der Waals surface area contributed by atoms with Gasteiger partial charge in [0.25, 0.3) is 0 Å². The Morgan fingerprint density at radius 1 is 0.950 bits per heavy atom. The van der Waals surface area contributed by atoms with Crippen LogP contribution in [0, 0.1) is 0 Å². The van der Waals surface area contributed by atoms with Gasteiger partial charge in [0.15, 0.2) is 5.15 Å². The van der Waals surface area contributed by atoms with Gasteiger partial charge in [-0.15, -0.1) is 0 Å². The van der Waals surface area contributed by atoms with Gasteiger partial charge in [0.05, 0.1) is 18.1 Å². The van der Waals surface area contributed by atoms with Crippen molar-refractivity contribution in [2.45, 2.75) is 9.92 Å². The summed E-state index contributed by atoms with van der Waals surface area (Å²) in [5.74, 6) is 0.824. The van der Waals surface area contributed by atoms with Crippen LogP contribution >= 0.6 is 23.4 Å². The number of aromatic nitrogens is 2. The zero-order valence-corrected chi connectivity index (χ0v) is 12.3. The van der Waals surface area contributed by atoms with E-state index in [4.69, 9.17) is 16.3 Å². The average Bonchev–Trinajstić information content (AvgIpc) is 2.49. The first-order chi connectivity index (χ1) is 9.76. The van der Waals surface area contributed by atoms with Crippen molar-refractivity contribution in [1.29, 1.82) is 0 Å². The van der Waals surface area contributed by atoms with Crippen molar-refractivity contribution in [3.63, 3.8) is 0 Å². The summed E-state index contributed by atoms with van der Waals surface area (Å²) in [5, 5.41) is 1.13. The molecule has 0 saturated heterocycles. The van der Waals surface area contributed by atoms with Gasteiger partial charge in [0.1, 0.15) is 10.8 Å². The molecule has 1 heterocycles. The molecule has 3 nitrogen and oxygen atoms in total. The van der Waals surface area contributed by atoms with E-state index in [1.165, 1.54) is 11.8 Å².